The van der Waals surface area contributed by atoms with E-state index in [0.717, 1.165) is 30.7 Å². The van der Waals surface area contributed by atoms with E-state index >= 15 is 0 Å². The standard InChI is InChI=1S/C14H16ClN3O/c1-17-13(15)6-16-14(17)9-18-7-10-4-2-3-5-12(19)11(10)8-18/h6-8H,2-5,9H2,1H3. The second kappa shape index (κ2) is 4.85. The smallest absolute Gasteiger partial charge is 0.164 e. The fourth-order valence-corrected chi connectivity index (χ4v) is 2.71. The fourth-order valence-electron chi connectivity index (χ4n) is 2.57. The van der Waals surface area contributed by atoms with E-state index in [0.29, 0.717) is 18.1 Å². The average Bonchev–Trinajstić information content (AvgIpc) is 2.88. The molecule has 0 aromatic carbocycles. The van der Waals surface area contributed by atoms with Crippen molar-refractivity contribution in [2.75, 3.05) is 0 Å². The van der Waals surface area contributed by atoms with Gasteiger partial charge in [0.25, 0.3) is 0 Å². The van der Waals surface area contributed by atoms with Crippen LogP contribution in [0.2, 0.25) is 5.15 Å². The fraction of sp³-hybridized carbons (Fsp3) is 0.429. The summed E-state index contributed by atoms with van der Waals surface area (Å²) in [5, 5.41) is 0.625. The van der Waals surface area contributed by atoms with Crippen molar-refractivity contribution < 1.29 is 4.79 Å². The Labute approximate surface area is 117 Å². The summed E-state index contributed by atoms with van der Waals surface area (Å²) < 4.78 is 3.89. The van der Waals surface area contributed by atoms with Crippen LogP contribution < -0.4 is 0 Å². The number of carbonyl (C=O) groups excluding carboxylic acids is 1. The number of aryl methyl sites for hydroxylation is 1. The Morgan fingerprint density at radius 1 is 1.32 bits per heavy atom. The number of aromatic nitrogens is 3. The van der Waals surface area contributed by atoms with Crippen LogP contribution in [-0.4, -0.2) is 19.9 Å². The average molecular weight is 278 g/mol. The van der Waals surface area contributed by atoms with E-state index in [2.05, 4.69) is 11.2 Å². The summed E-state index contributed by atoms with van der Waals surface area (Å²) in [5.74, 6) is 1.16. The van der Waals surface area contributed by atoms with E-state index in [9.17, 15) is 4.79 Å². The molecule has 19 heavy (non-hydrogen) atoms. The highest BCUT2D eigenvalue weighted by molar-refractivity contribution is 6.29. The second-order valence-electron chi connectivity index (χ2n) is 5.06. The lowest BCUT2D eigenvalue weighted by Crippen LogP contribution is -2.05. The number of hydrogen-bond acceptors (Lipinski definition) is 2. The topological polar surface area (TPSA) is 39.8 Å². The summed E-state index contributed by atoms with van der Waals surface area (Å²) in [4.78, 5) is 16.3. The first kappa shape index (κ1) is 12.5. The Kier molecular flexibility index (Phi) is 3.19. The van der Waals surface area contributed by atoms with Crippen LogP contribution in [0.1, 0.15) is 41.0 Å². The van der Waals surface area contributed by atoms with Gasteiger partial charge in [0.15, 0.2) is 5.78 Å². The van der Waals surface area contributed by atoms with Crippen LogP contribution in [0.5, 0.6) is 0 Å². The molecule has 0 saturated heterocycles. The van der Waals surface area contributed by atoms with Crippen LogP contribution >= 0.6 is 11.6 Å². The molecule has 0 aliphatic heterocycles. The van der Waals surface area contributed by atoms with E-state index < -0.39 is 0 Å². The molecule has 3 rings (SSSR count). The third kappa shape index (κ3) is 2.32. The highest BCUT2D eigenvalue weighted by atomic mass is 35.5. The Hall–Kier alpha value is -1.55. The maximum atomic E-state index is 12.0. The minimum absolute atomic E-state index is 0.268. The first-order valence-corrected chi connectivity index (χ1v) is 6.91. The predicted molar refractivity (Wildman–Crippen MR) is 73.6 cm³/mol. The molecule has 0 fully saturated rings. The molecule has 0 spiro atoms. The molecule has 0 radical (unpaired) electrons. The molecule has 1 aliphatic rings. The van der Waals surface area contributed by atoms with Crippen LogP contribution in [0.3, 0.4) is 0 Å². The molecule has 4 nitrogen and oxygen atoms in total. The summed E-state index contributed by atoms with van der Waals surface area (Å²) in [7, 11) is 1.89. The normalized spacial score (nSPS) is 15.4. The van der Waals surface area contributed by atoms with Gasteiger partial charge in [-0.25, -0.2) is 4.98 Å². The van der Waals surface area contributed by atoms with Crippen molar-refractivity contribution in [3.63, 3.8) is 0 Å². The Balaban J connectivity index is 1.89. The minimum atomic E-state index is 0.268. The van der Waals surface area contributed by atoms with Crippen LogP contribution in [0, 0.1) is 0 Å². The van der Waals surface area contributed by atoms with Gasteiger partial charge in [0, 0.05) is 31.4 Å². The van der Waals surface area contributed by atoms with Crippen LogP contribution in [0.25, 0.3) is 0 Å². The summed E-state index contributed by atoms with van der Waals surface area (Å²) >= 11 is 5.98. The van der Waals surface area contributed by atoms with E-state index in [4.69, 9.17) is 11.6 Å². The number of nitrogens with zero attached hydrogens (tertiary/aromatic N) is 3. The molecule has 2 aromatic heterocycles. The van der Waals surface area contributed by atoms with Gasteiger partial charge in [-0.1, -0.05) is 11.6 Å². The first-order valence-electron chi connectivity index (χ1n) is 6.53. The van der Waals surface area contributed by atoms with Gasteiger partial charge in [-0.3, -0.25) is 4.79 Å². The Morgan fingerprint density at radius 3 is 2.84 bits per heavy atom. The number of halogens is 1. The monoisotopic (exact) mass is 277 g/mol. The van der Waals surface area contributed by atoms with E-state index in [-0.39, 0.29) is 5.78 Å². The van der Waals surface area contributed by atoms with Gasteiger partial charge < -0.3 is 9.13 Å². The molecule has 1 aliphatic carbocycles. The number of ketones is 1. The number of imidazole rings is 1. The molecule has 0 atom stereocenters. The van der Waals surface area contributed by atoms with Crippen molar-refractivity contribution in [3.8, 4) is 0 Å². The van der Waals surface area contributed by atoms with Gasteiger partial charge in [0.2, 0.25) is 0 Å². The molecule has 0 bridgehead atoms. The van der Waals surface area contributed by atoms with Crippen molar-refractivity contribution in [2.45, 2.75) is 32.2 Å². The first-order chi connectivity index (χ1) is 9.15. The maximum Gasteiger partial charge on any atom is 0.164 e. The molecule has 100 valence electrons. The van der Waals surface area contributed by atoms with Gasteiger partial charge in [-0.05, 0) is 24.8 Å². The van der Waals surface area contributed by atoms with Crippen LogP contribution in [0.15, 0.2) is 18.6 Å². The summed E-state index contributed by atoms with van der Waals surface area (Å²) in [6.45, 7) is 0.642. The largest absolute Gasteiger partial charge is 0.346 e. The minimum Gasteiger partial charge on any atom is -0.346 e. The van der Waals surface area contributed by atoms with Crippen LogP contribution in [-0.2, 0) is 20.0 Å². The number of Topliss-reactive ketones (excluding diaryl/α,β-unsaturated/α-hetero) is 1. The van der Waals surface area contributed by atoms with Crippen molar-refractivity contribution in [2.24, 2.45) is 7.05 Å². The third-order valence-electron chi connectivity index (χ3n) is 3.71. The van der Waals surface area contributed by atoms with Gasteiger partial charge in [-0.2, -0.15) is 0 Å². The number of rotatable bonds is 2. The highest BCUT2D eigenvalue weighted by Crippen LogP contribution is 2.22. The second-order valence-corrected chi connectivity index (χ2v) is 5.44. The molecular formula is C14H16ClN3O. The predicted octanol–water partition coefficient (Wildman–Crippen LogP) is 2.83. The molecule has 0 saturated carbocycles. The zero-order valence-corrected chi connectivity index (χ0v) is 11.7. The van der Waals surface area contributed by atoms with Crippen molar-refractivity contribution >= 4 is 17.4 Å². The van der Waals surface area contributed by atoms with Gasteiger partial charge >= 0.3 is 0 Å². The maximum absolute atomic E-state index is 12.0. The molecule has 2 aromatic rings. The molecule has 0 amide bonds. The summed E-state index contributed by atoms with van der Waals surface area (Å²) in [6, 6.07) is 0. The van der Waals surface area contributed by atoms with E-state index in [1.165, 1.54) is 5.56 Å². The molecule has 0 unspecified atom stereocenters. The Morgan fingerprint density at radius 2 is 2.11 bits per heavy atom. The molecular weight excluding hydrogens is 262 g/mol. The molecule has 0 N–H and O–H groups in total. The lowest BCUT2D eigenvalue weighted by atomic mass is 10.1. The zero-order chi connectivity index (χ0) is 13.4. The van der Waals surface area contributed by atoms with E-state index in [1.54, 1.807) is 6.20 Å². The highest BCUT2D eigenvalue weighted by Gasteiger charge is 2.18. The molecule has 5 heteroatoms. The number of hydrogen-bond donors (Lipinski definition) is 0. The van der Waals surface area contributed by atoms with Crippen molar-refractivity contribution in [3.05, 3.63) is 40.7 Å². The van der Waals surface area contributed by atoms with Crippen molar-refractivity contribution in [1.29, 1.82) is 0 Å². The zero-order valence-electron chi connectivity index (χ0n) is 10.9. The van der Waals surface area contributed by atoms with Gasteiger partial charge in [0.1, 0.15) is 11.0 Å². The van der Waals surface area contributed by atoms with Gasteiger partial charge in [-0.15, -0.1) is 0 Å². The summed E-state index contributed by atoms with van der Waals surface area (Å²) in [5.41, 5.74) is 2.06. The lowest BCUT2D eigenvalue weighted by molar-refractivity contribution is 0.0982. The number of fused-ring (bicyclic) bond motifs is 1. The van der Waals surface area contributed by atoms with Gasteiger partial charge in [0.05, 0.1) is 12.7 Å². The Bertz CT molecular complexity index is 627. The lowest BCUT2D eigenvalue weighted by Gasteiger charge is -2.04. The van der Waals surface area contributed by atoms with Crippen LogP contribution in [0.4, 0.5) is 0 Å². The third-order valence-corrected chi connectivity index (χ3v) is 4.07. The molecule has 2 heterocycles. The number of carbonyl (C=O) groups is 1. The van der Waals surface area contributed by atoms with E-state index in [1.807, 2.05) is 22.4 Å². The SMILES string of the molecule is Cn1c(Cl)cnc1Cn1cc2c(c1)C(=O)CCCC2. The summed E-state index contributed by atoms with van der Waals surface area (Å²) in [6.07, 6.45) is 9.43. The quantitative estimate of drug-likeness (QED) is 0.792. The van der Waals surface area contributed by atoms with Crippen molar-refractivity contribution in [1.82, 2.24) is 14.1 Å².